The van der Waals surface area contributed by atoms with Gasteiger partial charge in [-0.15, -0.1) is 0 Å². The second kappa shape index (κ2) is 7.26. The van der Waals surface area contributed by atoms with Crippen LogP contribution >= 0.6 is 0 Å². The van der Waals surface area contributed by atoms with E-state index >= 15 is 0 Å². The number of hydrogen-bond acceptors (Lipinski definition) is 2. The fourth-order valence-electron chi connectivity index (χ4n) is 0.946. The summed E-state index contributed by atoms with van der Waals surface area (Å²) in [6.07, 6.45) is 1.72. The summed E-state index contributed by atoms with van der Waals surface area (Å²) >= 11 is 0. The molecule has 0 radical (unpaired) electrons. The lowest BCUT2D eigenvalue weighted by Crippen LogP contribution is -2.43. The van der Waals surface area contributed by atoms with E-state index in [2.05, 4.69) is 24.5 Å². The zero-order chi connectivity index (χ0) is 11.8. The van der Waals surface area contributed by atoms with Gasteiger partial charge in [0.2, 0.25) is 0 Å². The van der Waals surface area contributed by atoms with Crippen molar-refractivity contribution in [2.45, 2.75) is 46.6 Å². The molecular formula is C11H22N2O2. The molecule has 0 aromatic carbocycles. The molecule has 0 saturated heterocycles. The molecule has 0 aliphatic heterocycles. The first-order valence-corrected chi connectivity index (χ1v) is 5.56. The molecule has 0 aromatic rings. The summed E-state index contributed by atoms with van der Waals surface area (Å²) in [5.74, 6) is -0.535. The van der Waals surface area contributed by atoms with Gasteiger partial charge in [0, 0.05) is 12.6 Å². The Hall–Kier alpha value is -1.06. The third-order valence-electron chi connectivity index (χ3n) is 2.20. The maximum atomic E-state index is 11.3. The van der Waals surface area contributed by atoms with Gasteiger partial charge in [-0.25, -0.2) is 0 Å². The van der Waals surface area contributed by atoms with Crippen LogP contribution in [-0.4, -0.2) is 24.4 Å². The fraction of sp³-hybridized carbons (Fsp3) is 0.818. The fourth-order valence-corrected chi connectivity index (χ4v) is 0.946. The molecule has 2 amide bonds. The topological polar surface area (TPSA) is 58.2 Å². The number of rotatable bonds is 5. The highest BCUT2D eigenvalue weighted by molar-refractivity contribution is 6.35. The molecule has 0 fully saturated rings. The molecular weight excluding hydrogens is 192 g/mol. The molecule has 0 aromatic heterocycles. The smallest absolute Gasteiger partial charge is 0.309 e. The van der Waals surface area contributed by atoms with Crippen molar-refractivity contribution in [2.75, 3.05) is 6.54 Å². The van der Waals surface area contributed by atoms with E-state index in [-0.39, 0.29) is 6.04 Å². The highest BCUT2D eigenvalue weighted by Gasteiger charge is 2.14. The maximum Gasteiger partial charge on any atom is 0.309 e. The predicted molar refractivity (Wildman–Crippen MR) is 60.4 cm³/mol. The molecule has 4 nitrogen and oxygen atoms in total. The Labute approximate surface area is 91.8 Å². The first kappa shape index (κ1) is 13.9. The third kappa shape index (κ3) is 6.94. The monoisotopic (exact) mass is 214 g/mol. The minimum Gasteiger partial charge on any atom is -0.348 e. The van der Waals surface area contributed by atoms with Gasteiger partial charge >= 0.3 is 11.8 Å². The van der Waals surface area contributed by atoms with E-state index < -0.39 is 11.8 Å². The van der Waals surface area contributed by atoms with Crippen molar-refractivity contribution in [3.8, 4) is 0 Å². The molecule has 1 atom stereocenters. The average molecular weight is 214 g/mol. The lowest BCUT2D eigenvalue weighted by molar-refractivity contribution is -0.139. The van der Waals surface area contributed by atoms with Crippen LogP contribution in [0, 0.1) is 5.92 Å². The first-order chi connectivity index (χ1) is 6.97. The summed E-state index contributed by atoms with van der Waals surface area (Å²) in [7, 11) is 0. The Kier molecular flexibility index (Phi) is 6.75. The number of hydrogen-bond donors (Lipinski definition) is 2. The maximum absolute atomic E-state index is 11.3. The lowest BCUT2D eigenvalue weighted by atomic mass is 10.1. The van der Waals surface area contributed by atoms with Crippen LogP contribution in [0.5, 0.6) is 0 Å². The van der Waals surface area contributed by atoms with Crippen LogP contribution in [0.2, 0.25) is 0 Å². The van der Waals surface area contributed by atoms with Crippen LogP contribution in [0.15, 0.2) is 0 Å². The molecule has 0 heterocycles. The molecule has 0 aliphatic carbocycles. The van der Waals surface area contributed by atoms with Gasteiger partial charge in [-0.3, -0.25) is 9.59 Å². The van der Waals surface area contributed by atoms with Crippen molar-refractivity contribution in [3.63, 3.8) is 0 Å². The normalized spacial score (nSPS) is 12.3. The molecule has 0 saturated carbocycles. The lowest BCUT2D eigenvalue weighted by Gasteiger charge is -2.11. The van der Waals surface area contributed by atoms with Gasteiger partial charge < -0.3 is 10.6 Å². The summed E-state index contributed by atoms with van der Waals surface area (Å²) in [5, 5.41) is 5.21. The first-order valence-electron chi connectivity index (χ1n) is 5.56. The largest absolute Gasteiger partial charge is 0.348 e. The summed E-state index contributed by atoms with van der Waals surface area (Å²) in [6.45, 7) is 8.54. The van der Waals surface area contributed by atoms with Crippen LogP contribution < -0.4 is 10.6 Å². The SMILES string of the molecule is CC[C@@H](C)NC(=O)C(=O)NCCC(C)C. The van der Waals surface area contributed by atoms with E-state index in [0.29, 0.717) is 12.5 Å². The molecule has 2 N–H and O–H groups in total. The van der Waals surface area contributed by atoms with E-state index in [9.17, 15) is 9.59 Å². The molecule has 15 heavy (non-hydrogen) atoms. The van der Waals surface area contributed by atoms with Crippen LogP contribution in [0.25, 0.3) is 0 Å². The predicted octanol–water partition coefficient (Wildman–Crippen LogP) is 1.06. The summed E-state index contributed by atoms with van der Waals surface area (Å²) in [4.78, 5) is 22.5. The molecule has 0 bridgehead atoms. The van der Waals surface area contributed by atoms with Crippen molar-refractivity contribution in [1.82, 2.24) is 10.6 Å². The van der Waals surface area contributed by atoms with Gasteiger partial charge in [0.15, 0.2) is 0 Å². The summed E-state index contributed by atoms with van der Waals surface area (Å²) in [5.41, 5.74) is 0. The Morgan fingerprint density at radius 1 is 1.13 bits per heavy atom. The second-order valence-electron chi connectivity index (χ2n) is 4.22. The quantitative estimate of drug-likeness (QED) is 0.672. The van der Waals surface area contributed by atoms with Crippen molar-refractivity contribution >= 4 is 11.8 Å². The van der Waals surface area contributed by atoms with Crippen molar-refractivity contribution in [3.05, 3.63) is 0 Å². The number of nitrogens with one attached hydrogen (secondary N) is 2. The Morgan fingerprint density at radius 3 is 2.20 bits per heavy atom. The molecule has 88 valence electrons. The van der Waals surface area contributed by atoms with Crippen LogP contribution in [-0.2, 0) is 9.59 Å². The van der Waals surface area contributed by atoms with E-state index in [1.807, 2.05) is 13.8 Å². The van der Waals surface area contributed by atoms with Crippen LogP contribution in [0.4, 0.5) is 0 Å². The highest BCUT2D eigenvalue weighted by Crippen LogP contribution is 1.96. The summed E-state index contributed by atoms with van der Waals surface area (Å²) < 4.78 is 0. The highest BCUT2D eigenvalue weighted by atomic mass is 16.2. The summed E-state index contributed by atoms with van der Waals surface area (Å²) in [6, 6.07) is 0.0494. The average Bonchev–Trinajstić information content (AvgIpc) is 2.16. The minimum absolute atomic E-state index is 0.0494. The number of carbonyl (C=O) groups excluding carboxylic acids is 2. The Morgan fingerprint density at radius 2 is 1.73 bits per heavy atom. The van der Waals surface area contributed by atoms with E-state index in [0.717, 1.165) is 12.8 Å². The number of carbonyl (C=O) groups is 2. The Balaban J connectivity index is 3.75. The van der Waals surface area contributed by atoms with Crippen molar-refractivity contribution in [2.24, 2.45) is 5.92 Å². The van der Waals surface area contributed by atoms with Crippen molar-refractivity contribution in [1.29, 1.82) is 0 Å². The molecule has 0 unspecified atom stereocenters. The van der Waals surface area contributed by atoms with Gasteiger partial charge in [-0.2, -0.15) is 0 Å². The van der Waals surface area contributed by atoms with Gasteiger partial charge in [0.05, 0.1) is 0 Å². The van der Waals surface area contributed by atoms with E-state index in [1.165, 1.54) is 0 Å². The van der Waals surface area contributed by atoms with Gasteiger partial charge in [-0.05, 0) is 25.7 Å². The number of amides is 2. The van der Waals surface area contributed by atoms with Gasteiger partial charge in [0.25, 0.3) is 0 Å². The van der Waals surface area contributed by atoms with Crippen LogP contribution in [0.3, 0.4) is 0 Å². The standard InChI is InChI=1S/C11H22N2O2/c1-5-9(4)13-11(15)10(14)12-7-6-8(2)3/h8-9H,5-7H2,1-4H3,(H,12,14)(H,13,15)/t9-/m1/s1. The molecule has 4 heteroatoms. The van der Waals surface area contributed by atoms with E-state index in [1.54, 1.807) is 0 Å². The zero-order valence-corrected chi connectivity index (χ0v) is 10.1. The minimum atomic E-state index is -0.534. The van der Waals surface area contributed by atoms with Crippen molar-refractivity contribution < 1.29 is 9.59 Å². The molecule has 0 rings (SSSR count). The van der Waals surface area contributed by atoms with E-state index in [4.69, 9.17) is 0 Å². The zero-order valence-electron chi connectivity index (χ0n) is 10.1. The Bertz CT molecular complexity index is 215. The molecule has 0 aliphatic rings. The van der Waals surface area contributed by atoms with Crippen LogP contribution in [0.1, 0.15) is 40.5 Å². The van der Waals surface area contributed by atoms with Gasteiger partial charge in [-0.1, -0.05) is 20.8 Å². The molecule has 0 spiro atoms. The third-order valence-corrected chi connectivity index (χ3v) is 2.20. The van der Waals surface area contributed by atoms with Gasteiger partial charge in [0.1, 0.15) is 0 Å². The second-order valence-corrected chi connectivity index (χ2v) is 4.22.